The summed E-state index contributed by atoms with van der Waals surface area (Å²) in [6.45, 7) is 9.67. The lowest BCUT2D eigenvalue weighted by molar-refractivity contribution is -0.134. The summed E-state index contributed by atoms with van der Waals surface area (Å²) in [6.07, 6.45) is 0. The monoisotopic (exact) mass is 256 g/mol. The Morgan fingerprint density at radius 3 is 2.17 bits per heavy atom. The van der Waals surface area contributed by atoms with E-state index in [-0.39, 0.29) is 30.4 Å². The van der Waals surface area contributed by atoms with Gasteiger partial charge >= 0.3 is 0 Å². The van der Waals surface area contributed by atoms with E-state index in [1.54, 1.807) is 4.90 Å². The summed E-state index contributed by atoms with van der Waals surface area (Å²) in [5.74, 6) is -0.331. The lowest BCUT2D eigenvalue weighted by atomic mass is 10.1. The lowest BCUT2D eigenvalue weighted by Crippen LogP contribution is -2.56. The Kier molecular flexibility index (Phi) is 5.10. The Morgan fingerprint density at radius 1 is 1.17 bits per heavy atom. The molecule has 6 nitrogen and oxygen atoms in total. The van der Waals surface area contributed by atoms with Crippen molar-refractivity contribution in [3.63, 3.8) is 0 Å². The smallest absolute Gasteiger partial charge is 0.242 e. The largest absolute Gasteiger partial charge is 0.346 e. The van der Waals surface area contributed by atoms with Gasteiger partial charge in [0.2, 0.25) is 11.8 Å². The molecule has 0 aromatic rings. The van der Waals surface area contributed by atoms with Crippen molar-refractivity contribution < 1.29 is 9.59 Å². The molecule has 0 atom stereocenters. The standard InChI is InChI=1S/C12H24N4O2/c1-12(2,3)16-6-4-15(5-7-16)11(18)9-14-10(17)8-13/h4-9,13H2,1-3H3,(H,14,17). The van der Waals surface area contributed by atoms with Crippen molar-refractivity contribution >= 4 is 11.8 Å². The van der Waals surface area contributed by atoms with Crippen LogP contribution in [0.1, 0.15) is 20.8 Å². The second kappa shape index (κ2) is 6.15. The van der Waals surface area contributed by atoms with E-state index in [4.69, 9.17) is 5.73 Å². The first-order chi connectivity index (χ1) is 8.34. The van der Waals surface area contributed by atoms with Gasteiger partial charge in [-0.15, -0.1) is 0 Å². The molecule has 0 unspecified atom stereocenters. The van der Waals surface area contributed by atoms with Crippen molar-refractivity contribution in [2.75, 3.05) is 39.3 Å². The van der Waals surface area contributed by atoms with Crippen LogP contribution in [0, 0.1) is 0 Å². The van der Waals surface area contributed by atoms with Crippen LogP contribution in [0.25, 0.3) is 0 Å². The highest BCUT2D eigenvalue weighted by Crippen LogP contribution is 2.15. The molecule has 0 radical (unpaired) electrons. The minimum Gasteiger partial charge on any atom is -0.346 e. The van der Waals surface area contributed by atoms with Crippen LogP contribution in [0.3, 0.4) is 0 Å². The zero-order valence-electron chi connectivity index (χ0n) is 11.5. The van der Waals surface area contributed by atoms with Crippen molar-refractivity contribution in [3.05, 3.63) is 0 Å². The fraction of sp³-hybridized carbons (Fsp3) is 0.833. The summed E-state index contributed by atoms with van der Waals surface area (Å²) in [4.78, 5) is 26.9. The number of nitrogens with two attached hydrogens (primary N) is 1. The summed E-state index contributed by atoms with van der Waals surface area (Å²) in [6, 6.07) is 0. The number of nitrogens with zero attached hydrogens (tertiary/aromatic N) is 2. The number of hydrogen-bond donors (Lipinski definition) is 2. The number of hydrogen-bond acceptors (Lipinski definition) is 4. The maximum atomic E-state index is 11.8. The molecule has 6 heteroatoms. The molecular weight excluding hydrogens is 232 g/mol. The molecule has 1 fully saturated rings. The van der Waals surface area contributed by atoms with Gasteiger partial charge in [-0.3, -0.25) is 14.5 Å². The summed E-state index contributed by atoms with van der Waals surface area (Å²) in [5, 5.41) is 2.50. The van der Waals surface area contributed by atoms with Crippen molar-refractivity contribution in [3.8, 4) is 0 Å². The third-order valence-corrected chi connectivity index (χ3v) is 3.20. The normalized spacial score (nSPS) is 17.7. The van der Waals surface area contributed by atoms with Crippen LogP contribution in [0.15, 0.2) is 0 Å². The molecule has 1 aliphatic heterocycles. The van der Waals surface area contributed by atoms with E-state index in [9.17, 15) is 9.59 Å². The molecule has 0 saturated carbocycles. The molecule has 0 aliphatic carbocycles. The molecule has 0 bridgehead atoms. The average Bonchev–Trinajstić information content (AvgIpc) is 2.34. The minimum atomic E-state index is -0.295. The Balaban J connectivity index is 2.34. The third kappa shape index (κ3) is 4.27. The molecule has 0 aromatic heterocycles. The predicted octanol–water partition coefficient (Wildman–Crippen LogP) is -0.996. The van der Waals surface area contributed by atoms with Gasteiger partial charge in [0.15, 0.2) is 0 Å². The van der Waals surface area contributed by atoms with Crippen LogP contribution in [0.4, 0.5) is 0 Å². The van der Waals surface area contributed by atoms with Gasteiger partial charge in [-0.2, -0.15) is 0 Å². The molecule has 0 aromatic carbocycles. The van der Waals surface area contributed by atoms with Gasteiger partial charge in [-0.25, -0.2) is 0 Å². The Hall–Kier alpha value is -1.14. The summed E-state index contributed by atoms with van der Waals surface area (Å²) < 4.78 is 0. The van der Waals surface area contributed by atoms with E-state index < -0.39 is 0 Å². The quantitative estimate of drug-likeness (QED) is 0.679. The predicted molar refractivity (Wildman–Crippen MR) is 70.0 cm³/mol. The molecule has 1 saturated heterocycles. The molecule has 3 N–H and O–H groups in total. The zero-order chi connectivity index (χ0) is 13.8. The van der Waals surface area contributed by atoms with Crippen molar-refractivity contribution in [2.45, 2.75) is 26.3 Å². The third-order valence-electron chi connectivity index (χ3n) is 3.20. The van der Waals surface area contributed by atoms with Crippen molar-refractivity contribution in [2.24, 2.45) is 5.73 Å². The summed E-state index contributed by atoms with van der Waals surface area (Å²) in [5.41, 5.74) is 5.30. The van der Waals surface area contributed by atoms with Gasteiger partial charge in [0, 0.05) is 31.7 Å². The first-order valence-corrected chi connectivity index (χ1v) is 6.34. The maximum absolute atomic E-state index is 11.8. The Labute approximate surface area is 108 Å². The van der Waals surface area contributed by atoms with Gasteiger partial charge in [0.05, 0.1) is 13.1 Å². The van der Waals surface area contributed by atoms with E-state index in [0.717, 1.165) is 13.1 Å². The Bertz CT molecular complexity index is 304. The molecule has 1 rings (SSSR count). The van der Waals surface area contributed by atoms with E-state index in [1.165, 1.54) is 0 Å². The maximum Gasteiger partial charge on any atom is 0.242 e. The first-order valence-electron chi connectivity index (χ1n) is 6.34. The number of piperazine rings is 1. The van der Waals surface area contributed by atoms with Gasteiger partial charge < -0.3 is 16.0 Å². The van der Waals surface area contributed by atoms with E-state index in [1.807, 2.05) is 0 Å². The second-order valence-corrected chi connectivity index (χ2v) is 5.52. The van der Waals surface area contributed by atoms with Crippen LogP contribution in [-0.2, 0) is 9.59 Å². The molecule has 104 valence electrons. The highest BCUT2D eigenvalue weighted by molar-refractivity contribution is 5.85. The van der Waals surface area contributed by atoms with Crippen LogP contribution in [0.2, 0.25) is 0 Å². The minimum absolute atomic E-state index is 0.0367. The van der Waals surface area contributed by atoms with Crippen molar-refractivity contribution in [1.29, 1.82) is 0 Å². The molecular formula is C12H24N4O2. The van der Waals surface area contributed by atoms with Crippen molar-refractivity contribution in [1.82, 2.24) is 15.1 Å². The van der Waals surface area contributed by atoms with Gasteiger partial charge in [-0.05, 0) is 20.8 Å². The van der Waals surface area contributed by atoms with Gasteiger partial charge in [0.1, 0.15) is 0 Å². The van der Waals surface area contributed by atoms with E-state index in [0.29, 0.717) is 13.1 Å². The zero-order valence-corrected chi connectivity index (χ0v) is 11.5. The van der Waals surface area contributed by atoms with E-state index >= 15 is 0 Å². The molecule has 1 heterocycles. The van der Waals surface area contributed by atoms with Gasteiger partial charge in [-0.1, -0.05) is 0 Å². The van der Waals surface area contributed by atoms with E-state index in [2.05, 4.69) is 31.0 Å². The number of carbonyl (C=O) groups excluding carboxylic acids is 2. The molecule has 18 heavy (non-hydrogen) atoms. The average molecular weight is 256 g/mol. The number of carbonyl (C=O) groups is 2. The fourth-order valence-corrected chi connectivity index (χ4v) is 1.98. The van der Waals surface area contributed by atoms with Crippen LogP contribution < -0.4 is 11.1 Å². The number of nitrogens with one attached hydrogen (secondary N) is 1. The number of rotatable bonds is 3. The first kappa shape index (κ1) is 14.9. The fourth-order valence-electron chi connectivity index (χ4n) is 1.98. The molecule has 1 aliphatic rings. The molecule has 2 amide bonds. The number of amides is 2. The highest BCUT2D eigenvalue weighted by Gasteiger charge is 2.27. The lowest BCUT2D eigenvalue weighted by Gasteiger charge is -2.42. The van der Waals surface area contributed by atoms with Gasteiger partial charge in [0.25, 0.3) is 0 Å². The summed E-state index contributed by atoms with van der Waals surface area (Å²) >= 11 is 0. The second-order valence-electron chi connectivity index (χ2n) is 5.52. The highest BCUT2D eigenvalue weighted by atomic mass is 16.2. The topological polar surface area (TPSA) is 78.7 Å². The summed E-state index contributed by atoms with van der Waals surface area (Å²) in [7, 11) is 0. The van der Waals surface area contributed by atoms with Crippen LogP contribution in [-0.4, -0.2) is 66.4 Å². The Morgan fingerprint density at radius 2 is 1.72 bits per heavy atom. The van der Waals surface area contributed by atoms with Crippen LogP contribution >= 0.6 is 0 Å². The molecule has 0 spiro atoms. The SMILES string of the molecule is CC(C)(C)N1CCN(C(=O)CNC(=O)CN)CC1. The van der Waals surface area contributed by atoms with Crippen LogP contribution in [0.5, 0.6) is 0 Å².